The van der Waals surface area contributed by atoms with Gasteiger partial charge in [-0.3, -0.25) is 4.18 Å². The lowest BCUT2D eigenvalue weighted by Gasteiger charge is -2.16. The Morgan fingerprint density at radius 3 is 2.29 bits per heavy atom. The summed E-state index contributed by atoms with van der Waals surface area (Å²) in [4.78, 5) is 0.719. The lowest BCUT2D eigenvalue weighted by molar-refractivity contribution is 0.216. The molecule has 0 aromatic heterocycles. The van der Waals surface area contributed by atoms with Gasteiger partial charge < -0.3 is 0 Å². The molecule has 0 aliphatic rings. The second kappa shape index (κ2) is 4.71. The number of benzene rings is 1. The zero-order valence-corrected chi connectivity index (χ0v) is 9.64. The topological polar surface area (TPSA) is 26.3 Å². The maximum Gasteiger partial charge on any atom is 0.189 e. The molecule has 0 bridgehead atoms. The Morgan fingerprint density at radius 1 is 1.21 bits per heavy atom. The predicted molar refractivity (Wildman–Crippen MR) is 58.3 cm³/mol. The van der Waals surface area contributed by atoms with E-state index in [0.717, 1.165) is 4.90 Å². The maximum atomic E-state index is 11.6. The molecule has 3 heteroatoms. The summed E-state index contributed by atoms with van der Waals surface area (Å²) in [6, 6.07) is 9.21. The van der Waals surface area contributed by atoms with E-state index in [9.17, 15) is 4.21 Å². The molecule has 0 spiro atoms. The molecule has 0 saturated heterocycles. The van der Waals surface area contributed by atoms with E-state index in [-0.39, 0.29) is 5.41 Å². The molecule has 0 aliphatic carbocycles. The standard InChI is InChI=1S/C11H16O2S/c1-11(2,3)9-13-14(12)10-7-5-4-6-8-10/h4-8H,9H2,1-3H3. The molecule has 1 unspecified atom stereocenters. The first-order valence-electron chi connectivity index (χ1n) is 4.59. The van der Waals surface area contributed by atoms with Crippen LogP contribution >= 0.6 is 0 Å². The molecule has 0 aliphatic heterocycles. The Bertz CT molecular complexity index is 301. The maximum absolute atomic E-state index is 11.6. The van der Waals surface area contributed by atoms with E-state index in [4.69, 9.17) is 4.18 Å². The Hall–Kier alpha value is -0.670. The van der Waals surface area contributed by atoms with Gasteiger partial charge in [-0.05, 0) is 17.5 Å². The molecular weight excluding hydrogens is 196 g/mol. The van der Waals surface area contributed by atoms with Crippen molar-refractivity contribution < 1.29 is 8.39 Å². The van der Waals surface area contributed by atoms with E-state index in [0.29, 0.717) is 6.61 Å². The predicted octanol–water partition coefficient (Wildman–Crippen LogP) is 2.77. The summed E-state index contributed by atoms with van der Waals surface area (Å²) in [5.41, 5.74) is 0.0461. The van der Waals surface area contributed by atoms with Gasteiger partial charge in [-0.25, -0.2) is 4.21 Å². The van der Waals surface area contributed by atoms with Crippen molar-refractivity contribution in [3.63, 3.8) is 0 Å². The van der Waals surface area contributed by atoms with Gasteiger partial charge in [0.25, 0.3) is 0 Å². The number of hydrogen-bond acceptors (Lipinski definition) is 2. The van der Waals surface area contributed by atoms with Crippen LogP contribution < -0.4 is 0 Å². The van der Waals surface area contributed by atoms with Crippen LogP contribution in [0.2, 0.25) is 0 Å². The molecule has 0 N–H and O–H groups in total. The fourth-order valence-corrected chi connectivity index (χ4v) is 1.81. The van der Waals surface area contributed by atoms with Crippen molar-refractivity contribution >= 4 is 11.1 Å². The van der Waals surface area contributed by atoms with Crippen LogP contribution in [0.1, 0.15) is 20.8 Å². The second-order valence-electron chi connectivity index (χ2n) is 4.37. The summed E-state index contributed by atoms with van der Waals surface area (Å²) >= 11 is -1.33. The van der Waals surface area contributed by atoms with Crippen LogP contribution in [0.25, 0.3) is 0 Å². The molecule has 14 heavy (non-hydrogen) atoms. The highest BCUT2D eigenvalue weighted by molar-refractivity contribution is 7.80. The Balaban J connectivity index is 2.52. The first-order valence-corrected chi connectivity index (χ1v) is 5.67. The van der Waals surface area contributed by atoms with Crippen molar-refractivity contribution in [3.05, 3.63) is 30.3 Å². The molecule has 1 aromatic carbocycles. The van der Waals surface area contributed by atoms with E-state index < -0.39 is 11.1 Å². The van der Waals surface area contributed by atoms with Gasteiger partial charge in [-0.15, -0.1) is 0 Å². The lowest BCUT2D eigenvalue weighted by Crippen LogP contribution is -2.15. The first kappa shape index (κ1) is 11.4. The van der Waals surface area contributed by atoms with Gasteiger partial charge in [-0.1, -0.05) is 39.0 Å². The van der Waals surface area contributed by atoms with Gasteiger partial charge in [0.15, 0.2) is 11.1 Å². The third-order valence-electron chi connectivity index (χ3n) is 1.53. The van der Waals surface area contributed by atoms with Crippen molar-refractivity contribution in [1.82, 2.24) is 0 Å². The molecule has 0 fully saturated rings. The van der Waals surface area contributed by atoms with Gasteiger partial charge in [0, 0.05) is 0 Å². The van der Waals surface area contributed by atoms with E-state index >= 15 is 0 Å². The van der Waals surface area contributed by atoms with Gasteiger partial charge >= 0.3 is 0 Å². The zero-order valence-electron chi connectivity index (χ0n) is 8.82. The normalized spacial score (nSPS) is 13.9. The molecule has 1 aromatic rings. The van der Waals surface area contributed by atoms with Crippen LogP contribution in [0.15, 0.2) is 35.2 Å². The largest absolute Gasteiger partial charge is 0.286 e. The molecule has 0 heterocycles. The summed E-state index contributed by atoms with van der Waals surface area (Å²) in [7, 11) is 0. The van der Waals surface area contributed by atoms with E-state index in [1.807, 2.05) is 18.2 Å². The highest BCUT2D eigenvalue weighted by atomic mass is 32.2. The van der Waals surface area contributed by atoms with Crippen molar-refractivity contribution in [2.45, 2.75) is 25.7 Å². The highest BCUT2D eigenvalue weighted by Gasteiger charge is 2.13. The summed E-state index contributed by atoms with van der Waals surface area (Å²) in [6.07, 6.45) is 0. The summed E-state index contributed by atoms with van der Waals surface area (Å²) < 4.78 is 16.8. The van der Waals surface area contributed by atoms with Crippen LogP contribution in [-0.2, 0) is 15.3 Å². The smallest absolute Gasteiger partial charge is 0.189 e. The van der Waals surface area contributed by atoms with Crippen molar-refractivity contribution in [2.24, 2.45) is 5.41 Å². The van der Waals surface area contributed by atoms with Gasteiger partial charge in [0.2, 0.25) is 0 Å². The molecule has 78 valence electrons. The molecule has 0 radical (unpaired) electrons. The first-order chi connectivity index (χ1) is 6.49. The lowest BCUT2D eigenvalue weighted by atomic mass is 9.99. The SMILES string of the molecule is CC(C)(C)COS(=O)c1ccccc1. The van der Waals surface area contributed by atoms with E-state index in [1.54, 1.807) is 12.1 Å². The van der Waals surface area contributed by atoms with Gasteiger partial charge in [-0.2, -0.15) is 0 Å². The van der Waals surface area contributed by atoms with E-state index in [1.165, 1.54) is 0 Å². The second-order valence-corrected chi connectivity index (χ2v) is 5.55. The highest BCUT2D eigenvalue weighted by Crippen LogP contribution is 2.16. The quantitative estimate of drug-likeness (QED) is 0.770. The summed E-state index contributed by atoms with van der Waals surface area (Å²) in [5.74, 6) is 0. The monoisotopic (exact) mass is 212 g/mol. The molecule has 2 nitrogen and oxygen atoms in total. The van der Waals surface area contributed by atoms with Crippen molar-refractivity contribution in [2.75, 3.05) is 6.61 Å². The van der Waals surface area contributed by atoms with Crippen LogP contribution in [-0.4, -0.2) is 10.8 Å². The van der Waals surface area contributed by atoms with Crippen LogP contribution in [0.5, 0.6) is 0 Å². The fraction of sp³-hybridized carbons (Fsp3) is 0.455. The minimum Gasteiger partial charge on any atom is -0.286 e. The van der Waals surface area contributed by atoms with Crippen LogP contribution in [0, 0.1) is 5.41 Å². The molecule has 0 saturated carbocycles. The Labute approximate surface area is 88.0 Å². The van der Waals surface area contributed by atoms with Crippen molar-refractivity contribution in [3.8, 4) is 0 Å². The summed E-state index contributed by atoms with van der Waals surface area (Å²) in [6.45, 7) is 6.65. The average Bonchev–Trinajstić information content (AvgIpc) is 2.14. The number of rotatable bonds is 3. The molecule has 1 atom stereocenters. The molecule has 0 amide bonds. The Kier molecular flexibility index (Phi) is 3.84. The third-order valence-corrected chi connectivity index (χ3v) is 2.52. The van der Waals surface area contributed by atoms with Crippen LogP contribution in [0.3, 0.4) is 0 Å². The van der Waals surface area contributed by atoms with E-state index in [2.05, 4.69) is 20.8 Å². The van der Waals surface area contributed by atoms with Gasteiger partial charge in [0.1, 0.15) is 0 Å². The summed E-state index contributed by atoms with van der Waals surface area (Å²) in [5, 5.41) is 0. The molecular formula is C11H16O2S. The minimum atomic E-state index is -1.33. The number of hydrogen-bond donors (Lipinski definition) is 0. The molecule has 1 rings (SSSR count). The third kappa shape index (κ3) is 4.03. The Morgan fingerprint density at radius 2 is 1.79 bits per heavy atom. The van der Waals surface area contributed by atoms with Gasteiger partial charge in [0.05, 0.1) is 11.5 Å². The van der Waals surface area contributed by atoms with Crippen molar-refractivity contribution in [1.29, 1.82) is 0 Å². The zero-order chi connectivity index (χ0) is 10.6. The van der Waals surface area contributed by atoms with Crippen LogP contribution in [0.4, 0.5) is 0 Å². The minimum absolute atomic E-state index is 0.0461. The fourth-order valence-electron chi connectivity index (χ4n) is 0.830. The average molecular weight is 212 g/mol.